The van der Waals surface area contributed by atoms with Crippen LogP contribution in [0.2, 0.25) is 0 Å². The molecule has 0 radical (unpaired) electrons. The highest BCUT2D eigenvalue weighted by Gasteiger charge is 2.13. The molecule has 4 nitrogen and oxygen atoms in total. The summed E-state index contributed by atoms with van der Waals surface area (Å²) in [7, 11) is 0. The van der Waals surface area contributed by atoms with Crippen molar-refractivity contribution >= 4 is 0 Å². The summed E-state index contributed by atoms with van der Waals surface area (Å²) in [6.45, 7) is 4.96. The van der Waals surface area contributed by atoms with Gasteiger partial charge in [-0.15, -0.1) is 0 Å². The molecule has 1 heterocycles. The molecule has 0 saturated heterocycles. The molecule has 0 aliphatic carbocycles. The van der Waals surface area contributed by atoms with Gasteiger partial charge in [-0.05, 0) is 37.5 Å². The van der Waals surface area contributed by atoms with Crippen LogP contribution in [0, 0.1) is 0 Å². The molecular weight excluding hydrogens is 242 g/mol. The van der Waals surface area contributed by atoms with E-state index in [2.05, 4.69) is 0 Å². The Morgan fingerprint density at radius 2 is 2.05 bits per heavy atom. The van der Waals surface area contributed by atoms with Gasteiger partial charge in [0.05, 0.1) is 13.2 Å². The van der Waals surface area contributed by atoms with E-state index in [-0.39, 0.29) is 6.04 Å². The van der Waals surface area contributed by atoms with Crippen molar-refractivity contribution < 1.29 is 14.2 Å². The average molecular weight is 265 g/mol. The first-order chi connectivity index (χ1) is 9.31. The fraction of sp³-hybridized carbons (Fsp3) is 0.600. The zero-order valence-electron chi connectivity index (χ0n) is 11.6. The number of ether oxygens (including phenoxy) is 3. The molecule has 0 amide bonds. The summed E-state index contributed by atoms with van der Waals surface area (Å²) in [6.07, 6.45) is 2.81. The first kappa shape index (κ1) is 14.2. The molecule has 0 bridgehead atoms. The molecule has 1 aromatic carbocycles. The normalized spacial score (nSPS) is 15.9. The van der Waals surface area contributed by atoms with Gasteiger partial charge in [0.15, 0.2) is 11.5 Å². The third-order valence-corrected chi connectivity index (χ3v) is 3.21. The number of fused-ring (bicyclic) bond motifs is 1. The summed E-state index contributed by atoms with van der Waals surface area (Å²) in [5.41, 5.74) is 7.30. The summed E-state index contributed by atoms with van der Waals surface area (Å²) < 4.78 is 16.6. The Bertz CT molecular complexity index is 395. The number of benzene rings is 1. The van der Waals surface area contributed by atoms with Crippen molar-refractivity contribution in [3.05, 3.63) is 23.8 Å². The van der Waals surface area contributed by atoms with E-state index >= 15 is 0 Å². The van der Waals surface area contributed by atoms with Gasteiger partial charge in [0.25, 0.3) is 0 Å². The lowest BCUT2D eigenvalue weighted by Crippen LogP contribution is -2.11. The Balaban J connectivity index is 1.94. The SMILES string of the molecule is CCOCCCC(N)c1ccc2c(c1)OCCCO2. The Morgan fingerprint density at radius 3 is 2.84 bits per heavy atom. The van der Waals surface area contributed by atoms with Crippen LogP contribution in [0.3, 0.4) is 0 Å². The molecule has 1 aliphatic rings. The van der Waals surface area contributed by atoms with Crippen LogP contribution in [0.15, 0.2) is 18.2 Å². The van der Waals surface area contributed by atoms with E-state index in [0.29, 0.717) is 13.2 Å². The summed E-state index contributed by atoms with van der Waals surface area (Å²) >= 11 is 0. The number of hydrogen-bond acceptors (Lipinski definition) is 4. The summed E-state index contributed by atoms with van der Waals surface area (Å²) in [5, 5.41) is 0. The van der Waals surface area contributed by atoms with Gasteiger partial charge in [0.2, 0.25) is 0 Å². The largest absolute Gasteiger partial charge is 0.490 e. The minimum Gasteiger partial charge on any atom is -0.490 e. The highest BCUT2D eigenvalue weighted by Crippen LogP contribution is 2.32. The van der Waals surface area contributed by atoms with E-state index in [1.54, 1.807) is 0 Å². The molecule has 106 valence electrons. The third-order valence-electron chi connectivity index (χ3n) is 3.21. The van der Waals surface area contributed by atoms with Crippen LogP contribution in [-0.4, -0.2) is 26.4 Å². The van der Waals surface area contributed by atoms with E-state index in [9.17, 15) is 0 Å². The molecule has 1 atom stereocenters. The number of nitrogens with two attached hydrogens (primary N) is 1. The van der Waals surface area contributed by atoms with E-state index in [4.69, 9.17) is 19.9 Å². The van der Waals surface area contributed by atoms with Gasteiger partial charge < -0.3 is 19.9 Å². The minimum absolute atomic E-state index is 0.0256. The Morgan fingerprint density at radius 1 is 1.26 bits per heavy atom. The number of rotatable bonds is 6. The van der Waals surface area contributed by atoms with E-state index in [1.165, 1.54) is 0 Å². The summed E-state index contributed by atoms with van der Waals surface area (Å²) in [5.74, 6) is 1.64. The summed E-state index contributed by atoms with van der Waals surface area (Å²) in [6, 6.07) is 6.01. The quantitative estimate of drug-likeness (QED) is 0.803. The van der Waals surface area contributed by atoms with E-state index in [1.807, 2.05) is 25.1 Å². The molecule has 0 fully saturated rings. The van der Waals surface area contributed by atoms with Crippen LogP contribution in [0.1, 0.15) is 37.8 Å². The monoisotopic (exact) mass is 265 g/mol. The second kappa shape index (κ2) is 7.36. The molecule has 19 heavy (non-hydrogen) atoms. The van der Waals surface area contributed by atoms with Gasteiger partial charge in [-0.2, -0.15) is 0 Å². The van der Waals surface area contributed by atoms with Crippen LogP contribution in [0.25, 0.3) is 0 Å². The molecule has 1 unspecified atom stereocenters. The van der Waals surface area contributed by atoms with Gasteiger partial charge >= 0.3 is 0 Å². The maximum Gasteiger partial charge on any atom is 0.161 e. The minimum atomic E-state index is 0.0256. The molecule has 0 aromatic heterocycles. The molecule has 2 N–H and O–H groups in total. The topological polar surface area (TPSA) is 53.7 Å². The van der Waals surface area contributed by atoms with Gasteiger partial charge in [-0.3, -0.25) is 0 Å². The molecule has 2 rings (SSSR count). The maximum absolute atomic E-state index is 6.20. The van der Waals surface area contributed by atoms with Crippen LogP contribution >= 0.6 is 0 Å². The van der Waals surface area contributed by atoms with Gasteiger partial charge in [-0.25, -0.2) is 0 Å². The molecular formula is C15H23NO3. The van der Waals surface area contributed by atoms with Gasteiger partial charge in [0.1, 0.15) is 0 Å². The van der Waals surface area contributed by atoms with Crippen molar-refractivity contribution in [1.29, 1.82) is 0 Å². The highest BCUT2D eigenvalue weighted by molar-refractivity contribution is 5.44. The molecule has 1 aliphatic heterocycles. The van der Waals surface area contributed by atoms with E-state index < -0.39 is 0 Å². The zero-order chi connectivity index (χ0) is 13.5. The smallest absolute Gasteiger partial charge is 0.161 e. The van der Waals surface area contributed by atoms with Gasteiger partial charge in [0, 0.05) is 25.7 Å². The van der Waals surface area contributed by atoms with Crippen molar-refractivity contribution in [1.82, 2.24) is 0 Å². The molecule has 0 saturated carbocycles. The highest BCUT2D eigenvalue weighted by atomic mass is 16.5. The Kier molecular flexibility index (Phi) is 5.48. The Labute approximate surface area is 114 Å². The predicted molar refractivity (Wildman–Crippen MR) is 74.7 cm³/mol. The van der Waals surface area contributed by atoms with Crippen LogP contribution in [-0.2, 0) is 4.74 Å². The fourth-order valence-electron chi connectivity index (χ4n) is 2.13. The van der Waals surface area contributed by atoms with Crippen molar-refractivity contribution in [2.45, 2.75) is 32.2 Å². The third kappa shape index (κ3) is 4.11. The van der Waals surface area contributed by atoms with Gasteiger partial charge in [-0.1, -0.05) is 6.07 Å². The van der Waals surface area contributed by atoms with Crippen molar-refractivity contribution in [3.8, 4) is 11.5 Å². The number of hydrogen-bond donors (Lipinski definition) is 1. The van der Waals surface area contributed by atoms with E-state index in [0.717, 1.165) is 49.5 Å². The lowest BCUT2D eigenvalue weighted by atomic mass is 10.0. The fourth-order valence-corrected chi connectivity index (χ4v) is 2.13. The first-order valence-corrected chi connectivity index (χ1v) is 7.04. The van der Waals surface area contributed by atoms with Crippen LogP contribution in [0.5, 0.6) is 11.5 Å². The van der Waals surface area contributed by atoms with Crippen molar-refractivity contribution in [2.75, 3.05) is 26.4 Å². The molecule has 1 aromatic rings. The second-order valence-electron chi connectivity index (χ2n) is 4.70. The van der Waals surface area contributed by atoms with Crippen LogP contribution < -0.4 is 15.2 Å². The van der Waals surface area contributed by atoms with Crippen molar-refractivity contribution in [2.24, 2.45) is 5.73 Å². The standard InChI is InChI=1S/C15H23NO3/c1-2-17-8-3-5-13(16)12-6-7-14-15(11-12)19-10-4-9-18-14/h6-7,11,13H,2-5,8-10,16H2,1H3. The molecule has 0 spiro atoms. The lowest BCUT2D eigenvalue weighted by Gasteiger charge is -2.14. The van der Waals surface area contributed by atoms with Crippen molar-refractivity contribution in [3.63, 3.8) is 0 Å². The lowest BCUT2D eigenvalue weighted by molar-refractivity contribution is 0.142. The second-order valence-corrected chi connectivity index (χ2v) is 4.70. The van der Waals surface area contributed by atoms with Crippen LogP contribution in [0.4, 0.5) is 0 Å². The summed E-state index contributed by atoms with van der Waals surface area (Å²) in [4.78, 5) is 0. The first-order valence-electron chi connectivity index (χ1n) is 7.04. The maximum atomic E-state index is 6.20. The zero-order valence-corrected chi connectivity index (χ0v) is 11.6. The predicted octanol–water partition coefficient (Wildman–Crippen LogP) is 2.66. The average Bonchev–Trinajstić information content (AvgIpc) is 2.67. The Hall–Kier alpha value is -1.26. The molecule has 4 heteroatoms.